The van der Waals surface area contributed by atoms with Gasteiger partial charge in [0.25, 0.3) is 0 Å². The molecule has 0 unspecified atom stereocenters. The van der Waals surface area contributed by atoms with Crippen LogP contribution in [0.4, 0.5) is 10.2 Å². The first kappa shape index (κ1) is 14.9. The zero-order chi connectivity index (χ0) is 14.7. The monoisotopic (exact) mass is 337 g/mol. The minimum atomic E-state index is -0.293. The van der Waals surface area contributed by atoms with E-state index in [2.05, 4.69) is 38.1 Å². The lowest BCUT2D eigenvalue weighted by Gasteiger charge is -2.13. The number of anilines is 1. The fourth-order valence-corrected chi connectivity index (χ4v) is 2.46. The second-order valence-corrected chi connectivity index (χ2v) is 5.42. The molecule has 0 aliphatic rings. The number of rotatable bonds is 4. The van der Waals surface area contributed by atoms with Crippen molar-refractivity contribution in [2.75, 3.05) is 12.4 Å². The summed E-state index contributed by atoms with van der Waals surface area (Å²) in [6.07, 6.45) is 1.73. The highest BCUT2D eigenvalue weighted by molar-refractivity contribution is 9.10. The van der Waals surface area contributed by atoms with Gasteiger partial charge in [0, 0.05) is 24.6 Å². The first-order valence-electron chi connectivity index (χ1n) is 6.58. The summed E-state index contributed by atoms with van der Waals surface area (Å²) in [7, 11) is 1.81. The number of hydrogen-bond donors (Lipinski definition) is 1. The van der Waals surface area contributed by atoms with Gasteiger partial charge in [0.1, 0.15) is 17.5 Å². The van der Waals surface area contributed by atoms with Crippen molar-refractivity contribution in [3.63, 3.8) is 0 Å². The van der Waals surface area contributed by atoms with E-state index >= 15 is 0 Å². The third kappa shape index (κ3) is 2.82. The summed E-state index contributed by atoms with van der Waals surface area (Å²) in [4.78, 5) is 8.99. The lowest BCUT2D eigenvalue weighted by Crippen LogP contribution is -2.06. The molecule has 1 N–H and O–H groups in total. The lowest BCUT2D eigenvalue weighted by molar-refractivity contribution is 0.623. The van der Waals surface area contributed by atoms with E-state index in [0.29, 0.717) is 15.7 Å². The van der Waals surface area contributed by atoms with Gasteiger partial charge in [0.15, 0.2) is 0 Å². The van der Waals surface area contributed by atoms with Crippen molar-refractivity contribution >= 4 is 21.7 Å². The summed E-state index contributed by atoms with van der Waals surface area (Å²) in [5, 5.41) is 3.05. The summed E-state index contributed by atoms with van der Waals surface area (Å²) in [5.41, 5.74) is 1.99. The van der Waals surface area contributed by atoms with Gasteiger partial charge in [0.05, 0.1) is 10.2 Å². The Morgan fingerprint density at radius 1 is 1.30 bits per heavy atom. The van der Waals surface area contributed by atoms with Crippen LogP contribution < -0.4 is 5.32 Å². The quantitative estimate of drug-likeness (QED) is 0.901. The second-order valence-electron chi connectivity index (χ2n) is 4.56. The van der Waals surface area contributed by atoms with Crippen molar-refractivity contribution in [1.82, 2.24) is 9.97 Å². The van der Waals surface area contributed by atoms with Crippen LogP contribution in [0.5, 0.6) is 0 Å². The number of nitrogens with one attached hydrogen (secondary N) is 1. The predicted molar refractivity (Wildman–Crippen MR) is 83.4 cm³/mol. The maximum atomic E-state index is 14.3. The van der Waals surface area contributed by atoms with E-state index in [1.165, 1.54) is 0 Å². The van der Waals surface area contributed by atoms with Crippen molar-refractivity contribution in [2.45, 2.75) is 26.7 Å². The average Bonchev–Trinajstić information content (AvgIpc) is 2.44. The van der Waals surface area contributed by atoms with Crippen LogP contribution in [0, 0.1) is 12.7 Å². The van der Waals surface area contributed by atoms with E-state index in [-0.39, 0.29) is 5.82 Å². The first-order valence-corrected chi connectivity index (χ1v) is 7.37. The van der Waals surface area contributed by atoms with Gasteiger partial charge < -0.3 is 5.32 Å². The van der Waals surface area contributed by atoms with Gasteiger partial charge in [-0.1, -0.05) is 13.0 Å². The Morgan fingerprint density at radius 3 is 2.70 bits per heavy atom. The number of benzene rings is 1. The van der Waals surface area contributed by atoms with Gasteiger partial charge in [-0.3, -0.25) is 0 Å². The molecule has 0 amide bonds. The van der Waals surface area contributed by atoms with Gasteiger partial charge >= 0.3 is 0 Å². The summed E-state index contributed by atoms with van der Waals surface area (Å²) in [6, 6.07) is 5.23. The molecule has 0 spiro atoms. The zero-order valence-electron chi connectivity index (χ0n) is 11.8. The number of aryl methyl sites for hydroxylation is 1. The highest BCUT2D eigenvalue weighted by Crippen LogP contribution is 2.31. The molecule has 0 bridgehead atoms. The number of aromatic nitrogens is 2. The molecule has 0 radical (unpaired) electrons. The Bertz CT molecular complexity index is 629. The van der Waals surface area contributed by atoms with Crippen LogP contribution in [0.3, 0.4) is 0 Å². The van der Waals surface area contributed by atoms with Crippen LogP contribution in [0.15, 0.2) is 22.7 Å². The van der Waals surface area contributed by atoms with Gasteiger partial charge in [0.2, 0.25) is 0 Å². The molecule has 1 aromatic heterocycles. The number of halogens is 2. The molecular formula is C15H17BrFN3. The fraction of sp³-hybridized carbons (Fsp3) is 0.333. The minimum absolute atomic E-state index is 0.293. The summed E-state index contributed by atoms with van der Waals surface area (Å²) < 4.78 is 14.7. The minimum Gasteiger partial charge on any atom is -0.373 e. The Morgan fingerprint density at radius 2 is 2.05 bits per heavy atom. The standard InChI is InChI=1S/C15H17BrFN3/c1-4-6-12-19-14(9(2)15(18-3)20-12)10-7-5-8-11(16)13(10)17/h5,7-8H,4,6H2,1-3H3,(H,18,19,20). The van der Waals surface area contributed by atoms with Crippen molar-refractivity contribution in [2.24, 2.45) is 0 Å². The molecule has 0 aliphatic carbocycles. The van der Waals surface area contributed by atoms with Gasteiger partial charge in [-0.2, -0.15) is 0 Å². The van der Waals surface area contributed by atoms with Crippen LogP contribution in [0.25, 0.3) is 11.3 Å². The summed E-state index contributed by atoms with van der Waals surface area (Å²) in [6.45, 7) is 3.97. The zero-order valence-corrected chi connectivity index (χ0v) is 13.4. The number of hydrogen-bond acceptors (Lipinski definition) is 3. The molecule has 3 nitrogen and oxygen atoms in total. The highest BCUT2D eigenvalue weighted by atomic mass is 79.9. The van der Waals surface area contributed by atoms with Gasteiger partial charge in [-0.15, -0.1) is 0 Å². The average molecular weight is 338 g/mol. The van der Waals surface area contributed by atoms with E-state index in [4.69, 9.17) is 0 Å². The third-order valence-corrected chi connectivity index (χ3v) is 3.72. The molecule has 1 heterocycles. The van der Waals surface area contributed by atoms with Crippen molar-refractivity contribution in [3.8, 4) is 11.3 Å². The van der Waals surface area contributed by atoms with Crippen LogP contribution in [-0.4, -0.2) is 17.0 Å². The molecule has 20 heavy (non-hydrogen) atoms. The molecule has 0 saturated heterocycles. The maximum absolute atomic E-state index is 14.3. The SMILES string of the molecule is CCCc1nc(NC)c(C)c(-c2cccc(Br)c2F)n1. The molecule has 2 rings (SSSR count). The number of nitrogens with zero attached hydrogens (tertiary/aromatic N) is 2. The fourth-order valence-electron chi connectivity index (χ4n) is 2.09. The molecule has 0 fully saturated rings. The van der Waals surface area contributed by atoms with Crippen LogP contribution in [0.2, 0.25) is 0 Å². The molecule has 0 aliphatic heterocycles. The smallest absolute Gasteiger partial charge is 0.146 e. The largest absolute Gasteiger partial charge is 0.373 e. The van der Waals surface area contributed by atoms with E-state index in [0.717, 1.165) is 30.0 Å². The molecular weight excluding hydrogens is 321 g/mol. The van der Waals surface area contributed by atoms with Crippen molar-refractivity contribution < 1.29 is 4.39 Å². The summed E-state index contributed by atoms with van der Waals surface area (Å²) in [5.74, 6) is 1.19. The Hall–Kier alpha value is -1.49. The van der Waals surface area contributed by atoms with Gasteiger partial charge in [-0.25, -0.2) is 14.4 Å². The Labute approximate surface area is 126 Å². The second kappa shape index (κ2) is 6.31. The van der Waals surface area contributed by atoms with E-state index < -0.39 is 0 Å². The highest BCUT2D eigenvalue weighted by Gasteiger charge is 2.16. The molecule has 106 valence electrons. The van der Waals surface area contributed by atoms with Crippen LogP contribution >= 0.6 is 15.9 Å². The van der Waals surface area contributed by atoms with Crippen LogP contribution in [0.1, 0.15) is 24.7 Å². The third-order valence-electron chi connectivity index (χ3n) is 3.11. The Kier molecular flexibility index (Phi) is 4.70. The van der Waals surface area contributed by atoms with E-state index in [9.17, 15) is 4.39 Å². The van der Waals surface area contributed by atoms with E-state index in [1.54, 1.807) is 12.1 Å². The van der Waals surface area contributed by atoms with Crippen molar-refractivity contribution in [3.05, 3.63) is 39.9 Å². The van der Waals surface area contributed by atoms with Gasteiger partial charge in [-0.05, 0) is 41.4 Å². The van der Waals surface area contributed by atoms with Crippen molar-refractivity contribution in [1.29, 1.82) is 0 Å². The molecule has 5 heteroatoms. The molecule has 2 aromatic rings. The topological polar surface area (TPSA) is 37.8 Å². The molecule has 0 atom stereocenters. The normalized spacial score (nSPS) is 10.7. The maximum Gasteiger partial charge on any atom is 0.146 e. The summed E-state index contributed by atoms with van der Waals surface area (Å²) >= 11 is 3.22. The molecule has 0 saturated carbocycles. The van der Waals surface area contributed by atoms with Crippen LogP contribution in [-0.2, 0) is 6.42 Å². The predicted octanol–water partition coefficient (Wildman–Crippen LogP) is 4.35. The first-order chi connectivity index (χ1) is 9.58. The lowest BCUT2D eigenvalue weighted by atomic mass is 10.1. The van der Waals surface area contributed by atoms with E-state index in [1.807, 2.05) is 20.0 Å². The molecule has 1 aromatic carbocycles. The Balaban J connectivity index is 2.65.